The molecular weight excluding hydrogens is 548 g/mol. The van der Waals surface area contributed by atoms with E-state index in [4.69, 9.17) is 9.47 Å². The third kappa shape index (κ3) is 5.91. The van der Waals surface area contributed by atoms with Crippen LogP contribution in [0.5, 0.6) is 0 Å². The van der Waals surface area contributed by atoms with Gasteiger partial charge in [-0.3, -0.25) is 9.89 Å². The number of rotatable bonds is 8. The molecule has 3 N–H and O–H groups in total. The minimum atomic E-state index is -0.773. The zero-order valence-electron chi connectivity index (χ0n) is 21.5. The van der Waals surface area contributed by atoms with Gasteiger partial charge in [-0.05, 0) is 41.5 Å². The monoisotopic (exact) mass is 572 g/mol. The predicted molar refractivity (Wildman–Crippen MR) is 146 cm³/mol. The molecule has 4 aromatic rings. The van der Waals surface area contributed by atoms with E-state index in [0.29, 0.717) is 28.6 Å². The molecule has 1 aromatic heterocycles. The number of hydrogen-bond donors (Lipinski definition) is 3. The Morgan fingerprint density at radius 3 is 2.61 bits per heavy atom. The zero-order chi connectivity index (χ0) is 28.3. The highest BCUT2D eigenvalue weighted by molar-refractivity contribution is 7.99. The van der Waals surface area contributed by atoms with Gasteiger partial charge < -0.3 is 24.6 Å². The number of nitrogens with one attached hydrogen (secondary N) is 2. The molecule has 3 atom stereocenters. The molecule has 208 valence electrons. The average molecular weight is 573 g/mol. The molecule has 41 heavy (non-hydrogen) atoms. The number of H-pyrrole nitrogens is 1. The summed E-state index contributed by atoms with van der Waals surface area (Å²) in [7, 11) is 0. The number of aliphatic hydroxyl groups is 1. The molecule has 6 rings (SSSR count). The Morgan fingerprint density at radius 1 is 1.00 bits per heavy atom. The van der Waals surface area contributed by atoms with Crippen LogP contribution in [0, 0.1) is 0 Å². The van der Waals surface area contributed by atoms with Gasteiger partial charge in [0.2, 0.25) is 0 Å². The van der Waals surface area contributed by atoms with Crippen LogP contribution in [-0.2, 0) is 20.8 Å². The van der Waals surface area contributed by atoms with Crippen molar-refractivity contribution in [2.45, 2.75) is 36.7 Å². The molecule has 0 bridgehead atoms. The van der Waals surface area contributed by atoms with Crippen LogP contribution >= 0.6 is 11.8 Å². The Labute approximate surface area is 238 Å². The molecule has 1 amide bonds. The average Bonchev–Trinajstić information content (AvgIpc) is 3.63. The van der Waals surface area contributed by atoms with Crippen LogP contribution < -0.4 is 5.32 Å². The number of hydrogen-bond acceptors (Lipinski definition) is 10. The molecule has 3 unspecified atom stereocenters. The van der Waals surface area contributed by atoms with Crippen LogP contribution in [0.3, 0.4) is 0 Å². The van der Waals surface area contributed by atoms with Crippen molar-refractivity contribution in [3.63, 3.8) is 0 Å². The van der Waals surface area contributed by atoms with Gasteiger partial charge >= 0.3 is 11.9 Å². The highest BCUT2D eigenvalue weighted by Gasteiger charge is 2.33. The maximum Gasteiger partial charge on any atom is 0.346 e. The first-order valence-electron chi connectivity index (χ1n) is 12.8. The van der Waals surface area contributed by atoms with Gasteiger partial charge in [-0.2, -0.15) is 5.10 Å². The van der Waals surface area contributed by atoms with Crippen molar-refractivity contribution in [2.75, 3.05) is 11.1 Å². The van der Waals surface area contributed by atoms with Crippen LogP contribution in [0.4, 0.5) is 5.69 Å². The van der Waals surface area contributed by atoms with Gasteiger partial charge in [0.05, 0.1) is 29.9 Å². The highest BCUT2D eigenvalue weighted by Crippen LogP contribution is 2.39. The number of fused-ring (bicyclic) bond motifs is 1. The van der Waals surface area contributed by atoms with Gasteiger partial charge in [0.15, 0.2) is 11.4 Å². The van der Waals surface area contributed by atoms with Crippen LogP contribution in [0.2, 0.25) is 0 Å². The number of cyclic esters (lactones) is 2. The van der Waals surface area contributed by atoms with Gasteiger partial charge in [-0.25, -0.2) is 14.6 Å². The standard InChI is InChI=1S/C29H24N4O7S/c34-13-16-4-6-17(7-5-16)24-12-21(14-41-29-30-15-31-33-29)38-28(39-24)19-2-1-3-20(10-19)32-25(35)18-8-9-22-23(11-18)27(37)40-26(22)36/h1-11,15,21,24,28,34H,12-14H2,(H,32,35)(H,30,31,33). The SMILES string of the molecule is O=C(Nc1cccc(C2OC(CSc3ncn[nH]3)CC(c3ccc(CO)cc3)O2)c1)c1ccc2c(c1)C(=O)OC2=O. The fourth-order valence-electron chi connectivity index (χ4n) is 4.65. The number of aliphatic hydroxyl groups excluding tert-OH is 1. The molecule has 0 radical (unpaired) electrons. The topological polar surface area (TPSA) is 153 Å². The second-order valence-electron chi connectivity index (χ2n) is 9.47. The second-order valence-corrected chi connectivity index (χ2v) is 10.5. The van der Waals surface area contributed by atoms with E-state index in [1.54, 1.807) is 18.2 Å². The number of aromatic nitrogens is 3. The summed E-state index contributed by atoms with van der Waals surface area (Å²) in [6.45, 7) is -0.0415. The normalized spacial score (nSPS) is 20.0. The maximum atomic E-state index is 13.0. The molecule has 3 aromatic carbocycles. The van der Waals surface area contributed by atoms with E-state index < -0.39 is 24.1 Å². The van der Waals surface area contributed by atoms with E-state index in [1.165, 1.54) is 36.3 Å². The molecule has 1 fully saturated rings. The highest BCUT2D eigenvalue weighted by atomic mass is 32.2. The lowest BCUT2D eigenvalue weighted by molar-refractivity contribution is -0.245. The number of aromatic amines is 1. The second kappa shape index (κ2) is 11.6. The van der Waals surface area contributed by atoms with Crippen LogP contribution in [0.1, 0.15) is 66.6 Å². The van der Waals surface area contributed by atoms with Crippen molar-refractivity contribution in [3.8, 4) is 0 Å². The first-order valence-corrected chi connectivity index (χ1v) is 13.8. The summed E-state index contributed by atoms with van der Waals surface area (Å²) in [6.07, 6.45) is 0.891. The Balaban J connectivity index is 1.20. The number of nitrogens with zero attached hydrogens (tertiary/aromatic N) is 2. The number of carbonyl (C=O) groups is 3. The number of esters is 2. The number of carbonyl (C=O) groups excluding carboxylic acids is 3. The van der Waals surface area contributed by atoms with Gasteiger partial charge in [-0.1, -0.05) is 48.2 Å². The lowest BCUT2D eigenvalue weighted by Crippen LogP contribution is -2.31. The molecule has 2 aliphatic heterocycles. The van der Waals surface area contributed by atoms with Crippen LogP contribution in [0.25, 0.3) is 0 Å². The molecule has 1 saturated heterocycles. The third-order valence-electron chi connectivity index (χ3n) is 6.74. The number of benzene rings is 3. The molecule has 0 saturated carbocycles. The molecule has 0 spiro atoms. The first-order chi connectivity index (χ1) is 20.0. The third-order valence-corrected chi connectivity index (χ3v) is 7.75. The van der Waals surface area contributed by atoms with Crippen LogP contribution in [0.15, 0.2) is 78.2 Å². The molecule has 2 aliphatic rings. The van der Waals surface area contributed by atoms with Crippen molar-refractivity contribution in [1.82, 2.24) is 15.2 Å². The number of ether oxygens (including phenoxy) is 3. The Bertz CT molecular complexity index is 1590. The van der Waals surface area contributed by atoms with Crippen LogP contribution in [-0.4, -0.2) is 50.0 Å². The fraction of sp³-hybridized carbons (Fsp3) is 0.207. The Hall–Kier alpha value is -4.36. The Kier molecular flexibility index (Phi) is 7.61. The number of anilines is 1. The number of amides is 1. The van der Waals surface area contributed by atoms with E-state index in [2.05, 4.69) is 25.2 Å². The van der Waals surface area contributed by atoms with E-state index in [-0.39, 0.29) is 35.5 Å². The smallest absolute Gasteiger partial charge is 0.346 e. The number of thioether (sulfide) groups is 1. The van der Waals surface area contributed by atoms with E-state index in [1.807, 2.05) is 30.3 Å². The molecular formula is C29H24N4O7S. The van der Waals surface area contributed by atoms with Gasteiger partial charge in [-0.15, -0.1) is 0 Å². The summed E-state index contributed by atoms with van der Waals surface area (Å²) in [4.78, 5) is 40.8. The van der Waals surface area contributed by atoms with Crippen molar-refractivity contribution >= 4 is 35.3 Å². The van der Waals surface area contributed by atoms with Gasteiger partial charge in [0.1, 0.15) is 6.33 Å². The van der Waals surface area contributed by atoms with Crippen molar-refractivity contribution in [3.05, 3.63) is 106 Å². The van der Waals surface area contributed by atoms with Crippen molar-refractivity contribution in [1.29, 1.82) is 0 Å². The Morgan fingerprint density at radius 2 is 1.83 bits per heavy atom. The largest absolute Gasteiger partial charge is 0.392 e. The molecule has 0 aliphatic carbocycles. The first kappa shape index (κ1) is 26.8. The zero-order valence-corrected chi connectivity index (χ0v) is 22.3. The molecule has 3 heterocycles. The molecule has 12 heteroatoms. The summed E-state index contributed by atoms with van der Waals surface area (Å²) in [5.41, 5.74) is 3.39. The van der Waals surface area contributed by atoms with Gasteiger partial charge in [0.25, 0.3) is 5.91 Å². The van der Waals surface area contributed by atoms with E-state index in [0.717, 1.165) is 11.1 Å². The van der Waals surface area contributed by atoms with E-state index >= 15 is 0 Å². The van der Waals surface area contributed by atoms with Crippen molar-refractivity contribution in [2.24, 2.45) is 0 Å². The lowest BCUT2D eigenvalue weighted by Gasteiger charge is -2.36. The summed E-state index contributed by atoms with van der Waals surface area (Å²) < 4.78 is 17.3. The lowest BCUT2D eigenvalue weighted by atomic mass is 10.0. The fourth-order valence-corrected chi connectivity index (χ4v) is 5.45. The summed E-state index contributed by atoms with van der Waals surface area (Å²) in [5.74, 6) is -1.34. The summed E-state index contributed by atoms with van der Waals surface area (Å²) in [5, 5.41) is 19.7. The quantitative estimate of drug-likeness (QED) is 0.159. The van der Waals surface area contributed by atoms with Gasteiger partial charge in [0, 0.05) is 29.0 Å². The summed E-state index contributed by atoms with van der Waals surface area (Å²) >= 11 is 1.50. The molecule has 11 nitrogen and oxygen atoms in total. The van der Waals surface area contributed by atoms with E-state index in [9.17, 15) is 19.5 Å². The summed E-state index contributed by atoms with van der Waals surface area (Å²) in [6, 6.07) is 19.0. The minimum absolute atomic E-state index is 0.0415. The predicted octanol–water partition coefficient (Wildman–Crippen LogP) is 4.20. The minimum Gasteiger partial charge on any atom is -0.392 e. The maximum absolute atomic E-state index is 13.0. The van der Waals surface area contributed by atoms with Crippen molar-refractivity contribution < 1.29 is 33.7 Å².